The monoisotopic (exact) mass is 296 g/mol. The Bertz CT molecular complexity index is 513. The molecule has 0 aliphatic carbocycles. The van der Waals surface area contributed by atoms with Gasteiger partial charge in [-0.1, -0.05) is 23.7 Å². The molecule has 20 heavy (non-hydrogen) atoms. The number of carbonyl (C=O) groups excluding carboxylic acids is 2. The Kier molecular flexibility index (Phi) is 4.62. The number of benzene rings is 1. The number of hydrogen-bond donors (Lipinski definition) is 2. The summed E-state index contributed by atoms with van der Waals surface area (Å²) in [4.78, 5) is 23.7. The summed E-state index contributed by atoms with van der Waals surface area (Å²) in [7, 11) is 0. The Hall–Kier alpha value is -1.59. The summed E-state index contributed by atoms with van der Waals surface area (Å²) in [6, 6.07) is 6.71. The van der Waals surface area contributed by atoms with Crippen molar-refractivity contribution in [2.75, 3.05) is 19.8 Å². The van der Waals surface area contributed by atoms with Crippen molar-refractivity contribution < 1.29 is 14.3 Å². The van der Waals surface area contributed by atoms with Crippen LogP contribution in [0, 0.1) is 0 Å². The van der Waals surface area contributed by atoms with Crippen molar-refractivity contribution in [3.05, 3.63) is 34.9 Å². The Morgan fingerprint density at radius 3 is 2.80 bits per heavy atom. The number of ether oxygens (including phenoxy) is 1. The molecule has 2 N–H and O–H groups in total. The van der Waals surface area contributed by atoms with Gasteiger partial charge in [0.25, 0.3) is 5.91 Å². The zero-order valence-corrected chi connectivity index (χ0v) is 12.0. The van der Waals surface area contributed by atoms with E-state index >= 15 is 0 Å². The zero-order chi connectivity index (χ0) is 14.6. The molecule has 108 valence electrons. The Morgan fingerprint density at radius 2 is 2.15 bits per heavy atom. The molecule has 1 saturated heterocycles. The summed E-state index contributed by atoms with van der Waals surface area (Å²) < 4.78 is 5.25. The Balaban J connectivity index is 1.84. The van der Waals surface area contributed by atoms with Gasteiger partial charge in [0.05, 0.1) is 29.3 Å². The highest BCUT2D eigenvalue weighted by Gasteiger charge is 2.31. The molecule has 0 radical (unpaired) electrons. The summed E-state index contributed by atoms with van der Waals surface area (Å²) in [5.41, 5.74) is 0.0176. The highest BCUT2D eigenvalue weighted by molar-refractivity contribution is 6.33. The maximum atomic E-state index is 11.9. The molecule has 1 aliphatic rings. The molecular weight excluding hydrogens is 280 g/mol. The summed E-state index contributed by atoms with van der Waals surface area (Å²) >= 11 is 5.92. The molecule has 2 rings (SSSR count). The van der Waals surface area contributed by atoms with Gasteiger partial charge < -0.3 is 15.4 Å². The molecule has 5 nitrogen and oxygen atoms in total. The molecule has 6 heteroatoms. The van der Waals surface area contributed by atoms with Gasteiger partial charge in [0.2, 0.25) is 5.91 Å². The lowest BCUT2D eigenvalue weighted by Gasteiger charge is -2.23. The highest BCUT2D eigenvalue weighted by atomic mass is 35.5. The molecule has 1 fully saturated rings. The second-order valence-corrected chi connectivity index (χ2v) is 5.48. The van der Waals surface area contributed by atoms with Crippen molar-refractivity contribution >= 4 is 23.4 Å². The van der Waals surface area contributed by atoms with E-state index in [-0.39, 0.29) is 23.9 Å². The SMILES string of the molecule is C[C@@]1(NC(=O)CNC(=O)c2ccccc2Cl)CCOC1. The summed E-state index contributed by atoms with van der Waals surface area (Å²) in [5.74, 6) is -0.600. The van der Waals surface area contributed by atoms with E-state index in [1.54, 1.807) is 24.3 Å². The van der Waals surface area contributed by atoms with E-state index in [2.05, 4.69) is 10.6 Å². The molecule has 0 spiro atoms. The fourth-order valence-corrected chi connectivity index (χ4v) is 2.27. The lowest BCUT2D eigenvalue weighted by molar-refractivity contribution is -0.121. The average Bonchev–Trinajstić information content (AvgIpc) is 2.83. The minimum Gasteiger partial charge on any atom is -0.379 e. The van der Waals surface area contributed by atoms with Crippen LogP contribution in [0.3, 0.4) is 0 Å². The highest BCUT2D eigenvalue weighted by Crippen LogP contribution is 2.17. The zero-order valence-electron chi connectivity index (χ0n) is 11.2. The summed E-state index contributed by atoms with van der Waals surface area (Å²) in [6.45, 7) is 2.98. The van der Waals surface area contributed by atoms with E-state index in [1.807, 2.05) is 6.92 Å². The van der Waals surface area contributed by atoms with Crippen LogP contribution in [0.1, 0.15) is 23.7 Å². The number of rotatable bonds is 4. The van der Waals surface area contributed by atoms with Crippen LogP contribution in [0.15, 0.2) is 24.3 Å². The maximum Gasteiger partial charge on any atom is 0.253 e. The summed E-state index contributed by atoms with van der Waals surface area (Å²) in [6.07, 6.45) is 0.775. The number of amides is 2. The topological polar surface area (TPSA) is 67.4 Å². The van der Waals surface area contributed by atoms with Gasteiger partial charge in [-0.25, -0.2) is 0 Å². The third-order valence-corrected chi connectivity index (χ3v) is 3.52. The van der Waals surface area contributed by atoms with E-state index in [4.69, 9.17) is 16.3 Å². The number of hydrogen-bond acceptors (Lipinski definition) is 3. The van der Waals surface area contributed by atoms with Crippen LogP contribution < -0.4 is 10.6 Å². The number of halogens is 1. The average molecular weight is 297 g/mol. The van der Waals surface area contributed by atoms with Gasteiger partial charge in [0, 0.05) is 6.61 Å². The van der Waals surface area contributed by atoms with Gasteiger partial charge in [0.15, 0.2) is 0 Å². The molecule has 0 aromatic heterocycles. The second kappa shape index (κ2) is 6.24. The summed E-state index contributed by atoms with van der Waals surface area (Å²) in [5, 5.41) is 5.78. The fourth-order valence-electron chi connectivity index (χ4n) is 2.05. The lowest BCUT2D eigenvalue weighted by Crippen LogP contribution is -2.50. The van der Waals surface area contributed by atoms with Crippen LogP contribution in [0.2, 0.25) is 5.02 Å². The molecule has 1 aliphatic heterocycles. The van der Waals surface area contributed by atoms with Crippen molar-refractivity contribution in [2.24, 2.45) is 0 Å². The van der Waals surface area contributed by atoms with Crippen molar-refractivity contribution in [3.63, 3.8) is 0 Å². The first-order chi connectivity index (χ1) is 9.50. The predicted molar refractivity (Wildman–Crippen MR) is 75.8 cm³/mol. The van der Waals surface area contributed by atoms with Gasteiger partial charge in [-0.15, -0.1) is 0 Å². The number of carbonyl (C=O) groups is 2. The van der Waals surface area contributed by atoms with Gasteiger partial charge >= 0.3 is 0 Å². The standard InChI is InChI=1S/C14H17ClN2O3/c1-14(6-7-20-9-14)17-12(18)8-16-13(19)10-4-2-3-5-11(10)15/h2-5H,6-9H2,1H3,(H,16,19)(H,17,18)/t14-/m1/s1. The predicted octanol–water partition coefficient (Wildman–Crippen LogP) is 1.36. The van der Waals surface area contributed by atoms with Crippen LogP contribution in [0.5, 0.6) is 0 Å². The quantitative estimate of drug-likeness (QED) is 0.882. The lowest BCUT2D eigenvalue weighted by atomic mass is 10.0. The number of nitrogens with one attached hydrogen (secondary N) is 2. The molecule has 1 aromatic rings. The fraction of sp³-hybridized carbons (Fsp3) is 0.429. The maximum absolute atomic E-state index is 11.9. The van der Waals surface area contributed by atoms with Crippen LogP contribution in [-0.4, -0.2) is 37.1 Å². The normalized spacial score (nSPS) is 21.5. The first-order valence-electron chi connectivity index (χ1n) is 6.42. The smallest absolute Gasteiger partial charge is 0.253 e. The largest absolute Gasteiger partial charge is 0.379 e. The van der Waals surface area contributed by atoms with E-state index in [0.29, 0.717) is 23.8 Å². The minimum atomic E-state index is -0.362. The van der Waals surface area contributed by atoms with Gasteiger partial charge in [0.1, 0.15) is 0 Å². The van der Waals surface area contributed by atoms with Gasteiger partial charge in [-0.3, -0.25) is 9.59 Å². The first-order valence-corrected chi connectivity index (χ1v) is 6.79. The molecule has 2 amide bonds. The van der Waals surface area contributed by atoms with Crippen molar-refractivity contribution in [3.8, 4) is 0 Å². The molecule has 1 heterocycles. The van der Waals surface area contributed by atoms with Crippen LogP contribution in [0.4, 0.5) is 0 Å². The van der Waals surface area contributed by atoms with Crippen molar-refractivity contribution in [1.82, 2.24) is 10.6 Å². The molecule has 1 aromatic carbocycles. The molecule has 0 saturated carbocycles. The van der Waals surface area contributed by atoms with E-state index in [9.17, 15) is 9.59 Å². The van der Waals surface area contributed by atoms with Crippen LogP contribution in [-0.2, 0) is 9.53 Å². The van der Waals surface area contributed by atoms with E-state index in [1.165, 1.54) is 0 Å². The minimum absolute atomic E-state index is 0.0837. The third-order valence-electron chi connectivity index (χ3n) is 3.19. The van der Waals surface area contributed by atoms with E-state index in [0.717, 1.165) is 6.42 Å². The second-order valence-electron chi connectivity index (χ2n) is 5.07. The molecular formula is C14H17ClN2O3. The third kappa shape index (κ3) is 3.71. The van der Waals surface area contributed by atoms with Gasteiger partial charge in [-0.05, 0) is 25.5 Å². The Morgan fingerprint density at radius 1 is 1.40 bits per heavy atom. The molecule has 0 unspecified atom stereocenters. The van der Waals surface area contributed by atoms with E-state index < -0.39 is 0 Å². The van der Waals surface area contributed by atoms with Crippen molar-refractivity contribution in [1.29, 1.82) is 0 Å². The van der Waals surface area contributed by atoms with Crippen molar-refractivity contribution in [2.45, 2.75) is 18.9 Å². The van der Waals surface area contributed by atoms with Gasteiger partial charge in [-0.2, -0.15) is 0 Å². The van der Waals surface area contributed by atoms with Crippen LogP contribution in [0.25, 0.3) is 0 Å². The first kappa shape index (κ1) is 14.8. The Labute approximate surface area is 122 Å². The van der Waals surface area contributed by atoms with Crippen LogP contribution >= 0.6 is 11.6 Å². The molecule has 0 bridgehead atoms. The molecule has 1 atom stereocenters.